The summed E-state index contributed by atoms with van der Waals surface area (Å²) in [6.45, 7) is 6.68. The lowest BCUT2D eigenvalue weighted by molar-refractivity contribution is -0.402. The van der Waals surface area contributed by atoms with Gasteiger partial charge < -0.3 is 14.1 Å². The summed E-state index contributed by atoms with van der Waals surface area (Å²) in [4.78, 5) is 36.2. The quantitative estimate of drug-likeness (QED) is 0.358. The lowest BCUT2D eigenvalue weighted by Crippen LogP contribution is -2.41. The van der Waals surface area contributed by atoms with Gasteiger partial charge in [0, 0.05) is 13.1 Å². The number of carbonyl (C=O) groups is 2. The third-order valence-corrected chi connectivity index (χ3v) is 4.05. The van der Waals surface area contributed by atoms with Gasteiger partial charge in [0.25, 0.3) is 5.91 Å². The first-order valence-electron chi connectivity index (χ1n) is 9.39. The number of nitrogens with zero attached hydrogens (tertiary/aromatic N) is 2. The molecule has 1 aromatic heterocycles. The van der Waals surface area contributed by atoms with Gasteiger partial charge in [-0.2, -0.15) is 0 Å². The summed E-state index contributed by atoms with van der Waals surface area (Å²) in [5, 5.41) is 10.6. The maximum atomic E-state index is 12.6. The molecule has 8 heteroatoms. The molecule has 0 fully saturated rings. The Kier molecular flexibility index (Phi) is 7.52. The molecule has 0 saturated carbocycles. The minimum atomic E-state index is -0.911. The van der Waals surface area contributed by atoms with Gasteiger partial charge in [0.05, 0.1) is 6.07 Å². The summed E-state index contributed by atoms with van der Waals surface area (Å²) < 4.78 is 9.79. The molecule has 0 N–H and O–H groups in total. The molecular weight excluding hydrogens is 376 g/mol. The molecule has 29 heavy (non-hydrogen) atoms. The summed E-state index contributed by atoms with van der Waals surface area (Å²) in [7, 11) is 0. The van der Waals surface area contributed by atoms with Gasteiger partial charge in [0.1, 0.15) is 4.92 Å². The van der Waals surface area contributed by atoms with Gasteiger partial charge in [0.15, 0.2) is 6.61 Å². The van der Waals surface area contributed by atoms with Crippen LogP contribution in [-0.2, 0) is 16.0 Å². The SMILES string of the molecule is CC(C)(C)CN(CCCc1ccccc1)C(=O)COC(=O)c1ccc([N+](=O)[O-])o1. The summed E-state index contributed by atoms with van der Waals surface area (Å²) in [6.07, 6.45) is 1.62. The van der Waals surface area contributed by atoms with E-state index >= 15 is 0 Å². The Morgan fingerprint density at radius 3 is 2.41 bits per heavy atom. The van der Waals surface area contributed by atoms with E-state index in [2.05, 4.69) is 0 Å². The number of nitro groups is 1. The molecule has 0 aliphatic heterocycles. The van der Waals surface area contributed by atoms with Gasteiger partial charge in [-0.05, 0) is 29.9 Å². The summed E-state index contributed by atoms with van der Waals surface area (Å²) in [5.41, 5.74) is 1.08. The van der Waals surface area contributed by atoms with E-state index in [1.54, 1.807) is 4.90 Å². The standard InChI is InChI=1S/C21H26N2O6/c1-21(2,3)15-22(13-7-10-16-8-5-4-6-9-16)18(24)14-28-20(25)17-11-12-19(29-17)23(26)27/h4-6,8-9,11-12H,7,10,13-15H2,1-3H3. The van der Waals surface area contributed by atoms with E-state index in [0.717, 1.165) is 25.0 Å². The smallest absolute Gasteiger partial charge is 0.433 e. The van der Waals surface area contributed by atoms with Crippen molar-refractivity contribution < 1.29 is 23.7 Å². The van der Waals surface area contributed by atoms with Crippen LogP contribution >= 0.6 is 0 Å². The zero-order valence-corrected chi connectivity index (χ0v) is 16.9. The molecule has 0 bridgehead atoms. The summed E-state index contributed by atoms with van der Waals surface area (Å²) in [5.74, 6) is -2.09. The molecule has 1 amide bonds. The van der Waals surface area contributed by atoms with Crippen molar-refractivity contribution in [2.75, 3.05) is 19.7 Å². The van der Waals surface area contributed by atoms with Crippen molar-refractivity contribution in [3.63, 3.8) is 0 Å². The highest BCUT2D eigenvalue weighted by Crippen LogP contribution is 2.18. The van der Waals surface area contributed by atoms with Crippen LogP contribution in [0.1, 0.15) is 43.3 Å². The molecular formula is C21H26N2O6. The predicted molar refractivity (Wildman–Crippen MR) is 106 cm³/mol. The molecule has 0 radical (unpaired) electrons. The van der Waals surface area contributed by atoms with Crippen LogP contribution < -0.4 is 0 Å². The van der Waals surface area contributed by atoms with Crippen molar-refractivity contribution in [3.8, 4) is 0 Å². The highest BCUT2D eigenvalue weighted by atomic mass is 16.7. The minimum Gasteiger partial charge on any atom is -0.450 e. The molecule has 0 atom stereocenters. The van der Waals surface area contributed by atoms with Crippen LogP contribution in [0.3, 0.4) is 0 Å². The third kappa shape index (κ3) is 7.40. The van der Waals surface area contributed by atoms with Crippen LogP contribution in [-0.4, -0.2) is 41.4 Å². The van der Waals surface area contributed by atoms with Gasteiger partial charge in [-0.25, -0.2) is 4.79 Å². The van der Waals surface area contributed by atoms with E-state index in [1.165, 1.54) is 5.56 Å². The number of aryl methyl sites for hydroxylation is 1. The molecule has 2 rings (SSSR count). The fourth-order valence-corrected chi connectivity index (χ4v) is 2.81. The Hall–Kier alpha value is -3.16. The average molecular weight is 402 g/mol. The van der Waals surface area contributed by atoms with Crippen molar-refractivity contribution in [1.29, 1.82) is 0 Å². The minimum absolute atomic E-state index is 0.117. The molecule has 2 aromatic rings. The van der Waals surface area contributed by atoms with Crippen LogP contribution in [0.15, 0.2) is 46.9 Å². The predicted octanol–water partition coefficient (Wildman–Crippen LogP) is 3.85. The Balaban J connectivity index is 1.91. The Morgan fingerprint density at radius 2 is 1.83 bits per heavy atom. The van der Waals surface area contributed by atoms with Gasteiger partial charge in [-0.3, -0.25) is 14.9 Å². The molecule has 1 heterocycles. The largest absolute Gasteiger partial charge is 0.450 e. The number of benzene rings is 1. The second-order valence-electron chi connectivity index (χ2n) is 7.94. The fraction of sp³-hybridized carbons (Fsp3) is 0.429. The lowest BCUT2D eigenvalue weighted by Gasteiger charge is -2.30. The molecule has 156 valence electrons. The lowest BCUT2D eigenvalue weighted by atomic mass is 9.95. The number of ether oxygens (including phenoxy) is 1. The first kappa shape index (κ1) is 22.1. The average Bonchev–Trinajstić information content (AvgIpc) is 3.15. The van der Waals surface area contributed by atoms with Crippen LogP contribution in [0, 0.1) is 15.5 Å². The van der Waals surface area contributed by atoms with Crippen LogP contribution in [0.4, 0.5) is 5.88 Å². The van der Waals surface area contributed by atoms with E-state index in [0.29, 0.717) is 13.1 Å². The number of rotatable bonds is 9. The molecule has 0 aliphatic rings. The van der Waals surface area contributed by atoms with Gasteiger partial charge in [-0.1, -0.05) is 51.1 Å². The number of esters is 1. The van der Waals surface area contributed by atoms with E-state index in [-0.39, 0.29) is 17.1 Å². The monoisotopic (exact) mass is 402 g/mol. The van der Waals surface area contributed by atoms with Gasteiger partial charge in [0.2, 0.25) is 5.76 Å². The molecule has 0 aliphatic carbocycles. The summed E-state index contributed by atoms with van der Waals surface area (Å²) in [6, 6.07) is 12.2. The molecule has 0 unspecified atom stereocenters. The second kappa shape index (κ2) is 9.86. The van der Waals surface area contributed by atoms with E-state index < -0.39 is 23.4 Å². The number of hydrogen-bond acceptors (Lipinski definition) is 6. The second-order valence-corrected chi connectivity index (χ2v) is 7.94. The topological polar surface area (TPSA) is 103 Å². The number of hydrogen-bond donors (Lipinski definition) is 0. The van der Waals surface area contributed by atoms with Crippen molar-refractivity contribution >= 4 is 17.8 Å². The van der Waals surface area contributed by atoms with Crippen molar-refractivity contribution in [2.24, 2.45) is 5.41 Å². The van der Waals surface area contributed by atoms with Gasteiger partial charge >= 0.3 is 11.9 Å². The van der Waals surface area contributed by atoms with Gasteiger partial charge in [-0.15, -0.1) is 0 Å². The Labute approximate surface area is 169 Å². The maximum Gasteiger partial charge on any atom is 0.433 e. The molecule has 0 spiro atoms. The molecule has 8 nitrogen and oxygen atoms in total. The number of carbonyl (C=O) groups excluding carboxylic acids is 2. The van der Waals surface area contributed by atoms with Crippen molar-refractivity contribution in [1.82, 2.24) is 4.90 Å². The number of amides is 1. The first-order chi connectivity index (χ1) is 13.7. The maximum absolute atomic E-state index is 12.6. The van der Waals surface area contributed by atoms with E-state index in [9.17, 15) is 19.7 Å². The van der Waals surface area contributed by atoms with E-state index in [4.69, 9.17) is 9.15 Å². The molecule has 1 aromatic carbocycles. The van der Waals surface area contributed by atoms with E-state index in [1.807, 2.05) is 51.1 Å². The third-order valence-electron chi connectivity index (χ3n) is 4.05. The number of furan rings is 1. The highest BCUT2D eigenvalue weighted by Gasteiger charge is 2.24. The van der Waals surface area contributed by atoms with Crippen LogP contribution in [0.25, 0.3) is 0 Å². The zero-order valence-electron chi connectivity index (χ0n) is 16.9. The van der Waals surface area contributed by atoms with Crippen LogP contribution in [0.5, 0.6) is 0 Å². The fourth-order valence-electron chi connectivity index (χ4n) is 2.81. The highest BCUT2D eigenvalue weighted by molar-refractivity contribution is 5.89. The Morgan fingerprint density at radius 1 is 1.14 bits per heavy atom. The first-order valence-corrected chi connectivity index (χ1v) is 9.39. The van der Waals surface area contributed by atoms with Crippen molar-refractivity contribution in [2.45, 2.75) is 33.6 Å². The summed E-state index contributed by atoms with van der Waals surface area (Å²) >= 11 is 0. The normalized spacial score (nSPS) is 11.1. The zero-order chi connectivity index (χ0) is 21.4. The van der Waals surface area contributed by atoms with Crippen molar-refractivity contribution in [3.05, 3.63) is 63.9 Å². The molecule has 0 saturated heterocycles. The van der Waals surface area contributed by atoms with Crippen LogP contribution in [0.2, 0.25) is 0 Å². The Bertz CT molecular complexity index is 838.